The molecule has 1 unspecified atom stereocenters. The summed E-state index contributed by atoms with van der Waals surface area (Å²) in [5, 5.41) is 0.532. The van der Waals surface area contributed by atoms with Crippen molar-refractivity contribution in [1.82, 2.24) is 14.5 Å². The van der Waals surface area contributed by atoms with Crippen LogP contribution in [0.5, 0.6) is 0 Å². The van der Waals surface area contributed by atoms with Crippen molar-refractivity contribution >= 4 is 26.6 Å². The maximum absolute atomic E-state index is 13.4. The van der Waals surface area contributed by atoms with E-state index in [1.165, 1.54) is 0 Å². The van der Waals surface area contributed by atoms with Gasteiger partial charge in [0.1, 0.15) is 5.82 Å². The number of carbonyl (C=O) groups excluding carboxylic acids is 1. The number of carbonyl (C=O) groups is 1. The van der Waals surface area contributed by atoms with Crippen LogP contribution in [0.25, 0.3) is 10.9 Å². The molecule has 1 atom stereocenters. The van der Waals surface area contributed by atoms with Crippen LogP contribution >= 0.6 is 0 Å². The number of aromatic nitrogens is 2. The number of sulfone groups is 1. The molecule has 2 aromatic rings. The second kappa shape index (κ2) is 9.10. The fourth-order valence-corrected chi connectivity index (χ4v) is 6.42. The van der Waals surface area contributed by atoms with E-state index in [-0.39, 0.29) is 29.0 Å². The molecule has 7 nitrogen and oxygen atoms in total. The number of benzene rings is 1. The topological polar surface area (TPSA) is 89.3 Å². The second-order valence-corrected chi connectivity index (χ2v) is 11.0. The van der Waals surface area contributed by atoms with Gasteiger partial charge in [0, 0.05) is 31.1 Å². The maximum atomic E-state index is 13.4. The zero-order chi connectivity index (χ0) is 22.0. The smallest absolute Gasteiger partial charge is 0.261 e. The summed E-state index contributed by atoms with van der Waals surface area (Å²) in [5.41, 5.74) is 0.985. The summed E-state index contributed by atoms with van der Waals surface area (Å²) in [6.45, 7) is 3.28. The summed E-state index contributed by atoms with van der Waals surface area (Å²) in [6, 6.07) is 4.81. The summed E-state index contributed by atoms with van der Waals surface area (Å²) in [7, 11) is -3.09. The predicted molar refractivity (Wildman–Crippen MR) is 121 cm³/mol. The van der Waals surface area contributed by atoms with Gasteiger partial charge in [-0.1, -0.05) is 26.2 Å². The van der Waals surface area contributed by atoms with Crippen molar-refractivity contribution in [2.75, 3.05) is 18.1 Å². The fraction of sp³-hybridized carbons (Fsp3) is 0.609. The van der Waals surface area contributed by atoms with Crippen LogP contribution in [0.1, 0.15) is 68.1 Å². The number of aryl methyl sites for hydroxylation is 1. The van der Waals surface area contributed by atoms with E-state index in [2.05, 4.69) is 6.92 Å². The predicted octanol–water partition coefficient (Wildman–Crippen LogP) is 2.94. The van der Waals surface area contributed by atoms with Crippen molar-refractivity contribution in [3.05, 3.63) is 39.9 Å². The summed E-state index contributed by atoms with van der Waals surface area (Å²) in [5.74, 6) is 0.788. The number of fused-ring (bicyclic) bond motifs is 2. The lowest BCUT2D eigenvalue weighted by Crippen LogP contribution is -2.41. The van der Waals surface area contributed by atoms with E-state index >= 15 is 0 Å². The van der Waals surface area contributed by atoms with E-state index in [4.69, 9.17) is 4.98 Å². The molecule has 3 heterocycles. The van der Waals surface area contributed by atoms with Gasteiger partial charge in [-0.3, -0.25) is 14.2 Å². The highest BCUT2D eigenvalue weighted by molar-refractivity contribution is 7.91. The molecular formula is C23H31N3O4S. The van der Waals surface area contributed by atoms with Crippen LogP contribution in [-0.4, -0.2) is 52.9 Å². The summed E-state index contributed by atoms with van der Waals surface area (Å²) < 4.78 is 25.8. The first kappa shape index (κ1) is 22.0. The van der Waals surface area contributed by atoms with Gasteiger partial charge in [0.15, 0.2) is 9.84 Å². The van der Waals surface area contributed by atoms with Crippen molar-refractivity contribution in [2.24, 2.45) is 0 Å². The van der Waals surface area contributed by atoms with Crippen LogP contribution < -0.4 is 5.56 Å². The lowest BCUT2D eigenvalue weighted by Gasteiger charge is -2.28. The maximum Gasteiger partial charge on any atom is 0.261 e. The van der Waals surface area contributed by atoms with Crippen LogP contribution in [0.15, 0.2) is 23.0 Å². The van der Waals surface area contributed by atoms with Crippen LogP contribution in [0.4, 0.5) is 0 Å². The zero-order valence-electron chi connectivity index (χ0n) is 18.2. The van der Waals surface area contributed by atoms with Gasteiger partial charge >= 0.3 is 0 Å². The third-order valence-electron chi connectivity index (χ3n) is 6.48. The number of nitrogens with zero attached hydrogens (tertiary/aromatic N) is 3. The Morgan fingerprint density at radius 3 is 2.77 bits per heavy atom. The SMILES string of the molecule is CCCCN(C(=O)c1ccc2c(=O)n3c(nc2c1)CCCCCC3)C1CCS(=O)(=O)C1. The second-order valence-electron chi connectivity index (χ2n) is 8.79. The Bertz CT molecular complexity index is 1140. The molecule has 1 amide bonds. The summed E-state index contributed by atoms with van der Waals surface area (Å²) in [4.78, 5) is 32.9. The lowest BCUT2D eigenvalue weighted by atomic mass is 10.1. The zero-order valence-corrected chi connectivity index (χ0v) is 19.0. The standard InChI is InChI=1S/C23H31N3O4S/c1-2-3-12-25(18-11-14-31(29,30)16-18)22(27)17-9-10-19-20(15-17)24-21-8-6-4-5-7-13-26(21)23(19)28/h9-10,15,18H,2-8,11-14,16H2,1H3. The Labute approximate surface area is 183 Å². The first-order chi connectivity index (χ1) is 14.9. The number of hydrogen-bond donors (Lipinski definition) is 0. The Morgan fingerprint density at radius 1 is 1.23 bits per heavy atom. The Kier molecular flexibility index (Phi) is 6.46. The minimum absolute atomic E-state index is 0.0309. The molecule has 0 N–H and O–H groups in total. The first-order valence-electron chi connectivity index (χ1n) is 11.4. The molecule has 0 spiro atoms. The number of hydrogen-bond acceptors (Lipinski definition) is 5. The number of unbranched alkanes of at least 4 members (excludes halogenated alkanes) is 1. The molecule has 2 aliphatic rings. The molecule has 0 saturated carbocycles. The highest BCUT2D eigenvalue weighted by Crippen LogP contribution is 2.22. The molecule has 0 bridgehead atoms. The van der Waals surface area contributed by atoms with Crippen LogP contribution in [0, 0.1) is 0 Å². The molecule has 168 valence electrons. The van der Waals surface area contributed by atoms with E-state index in [9.17, 15) is 18.0 Å². The molecule has 0 aliphatic carbocycles. The van der Waals surface area contributed by atoms with Crippen LogP contribution in [0.2, 0.25) is 0 Å². The van der Waals surface area contributed by atoms with Gasteiger partial charge in [-0.2, -0.15) is 0 Å². The molecule has 1 aromatic carbocycles. The van der Waals surface area contributed by atoms with Gasteiger partial charge in [-0.15, -0.1) is 0 Å². The Morgan fingerprint density at radius 2 is 2.03 bits per heavy atom. The molecule has 1 aromatic heterocycles. The quantitative estimate of drug-likeness (QED) is 0.706. The van der Waals surface area contributed by atoms with Crippen molar-refractivity contribution in [3.63, 3.8) is 0 Å². The largest absolute Gasteiger partial charge is 0.335 e. The van der Waals surface area contributed by atoms with Gasteiger partial charge in [-0.25, -0.2) is 13.4 Å². The minimum atomic E-state index is -3.09. The van der Waals surface area contributed by atoms with Crippen molar-refractivity contribution in [2.45, 2.75) is 70.9 Å². The molecular weight excluding hydrogens is 414 g/mol. The van der Waals surface area contributed by atoms with Gasteiger partial charge in [0.05, 0.1) is 22.4 Å². The third-order valence-corrected chi connectivity index (χ3v) is 8.23. The van der Waals surface area contributed by atoms with E-state index in [0.29, 0.717) is 36.0 Å². The normalized spacial score (nSPS) is 20.7. The van der Waals surface area contributed by atoms with Gasteiger partial charge in [0.25, 0.3) is 11.5 Å². The monoisotopic (exact) mass is 445 g/mol. The van der Waals surface area contributed by atoms with Crippen LogP contribution in [0.3, 0.4) is 0 Å². The van der Waals surface area contributed by atoms with Crippen molar-refractivity contribution < 1.29 is 13.2 Å². The lowest BCUT2D eigenvalue weighted by molar-refractivity contribution is 0.0694. The molecule has 1 saturated heterocycles. The van der Waals surface area contributed by atoms with Gasteiger partial charge < -0.3 is 4.90 Å². The van der Waals surface area contributed by atoms with Gasteiger partial charge in [-0.05, 0) is 43.9 Å². The van der Waals surface area contributed by atoms with Crippen molar-refractivity contribution in [1.29, 1.82) is 0 Å². The highest BCUT2D eigenvalue weighted by atomic mass is 32.2. The molecule has 0 radical (unpaired) electrons. The molecule has 4 rings (SSSR count). The highest BCUT2D eigenvalue weighted by Gasteiger charge is 2.34. The fourth-order valence-electron chi connectivity index (χ4n) is 4.69. The molecule has 8 heteroatoms. The Hall–Kier alpha value is -2.22. The van der Waals surface area contributed by atoms with Gasteiger partial charge in [0.2, 0.25) is 0 Å². The first-order valence-corrected chi connectivity index (χ1v) is 13.3. The van der Waals surface area contributed by atoms with E-state index in [1.54, 1.807) is 27.7 Å². The average molecular weight is 446 g/mol. The van der Waals surface area contributed by atoms with Crippen LogP contribution in [-0.2, 0) is 22.8 Å². The molecule has 1 fully saturated rings. The molecule has 2 aliphatic heterocycles. The molecule has 31 heavy (non-hydrogen) atoms. The summed E-state index contributed by atoms with van der Waals surface area (Å²) in [6.07, 6.45) is 7.26. The number of amides is 1. The van der Waals surface area contributed by atoms with E-state index in [0.717, 1.165) is 50.8 Å². The third kappa shape index (κ3) is 4.68. The van der Waals surface area contributed by atoms with Crippen molar-refractivity contribution in [3.8, 4) is 0 Å². The minimum Gasteiger partial charge on any atom is -0.335 e. The number of rotatable bonds is 5. The summed E-state index contributed by atoms with van der Waals surface area (Å²) >= 11 is 0. The average Bonchev–Trinajstić information content (AvgIpc) is 3.08. The van der Waals surface area contributed by atoms with E-state index in [1.807, 2.05) is 0 Å². The Balaban J connectivity index is 1.69. The van der Waals surface area contributed by atoms with E-state index < -0.39 is 9.84 Å².